The van der Waals surface area contributed by atoms with E-state index in [4.69, 9.17) is 14.7 Å². The van der Waals surface area contributed by atoms with Gasteiger partial charge in [0.1, 0.15) is 16.6 Å². The Morgan fingerprint density at radius 3 is 2.44 bits per heavy atom. The number of piperidine rings is 1. The number of aryl methyl sites for hydroxylation is 1. The third-order valence-corrected chi connectivity index (χ3v) is 8.60. The second-order valence-electron chi connectivity index (χ2n) is 9.56. The molecule has 2 unspecified atom stereocenters. The van der Waals surface area contributed by atoms with E-state index in [-0.39, 0.29) is 0 Å². The zero-order valence-electron chi connectivity index (χ0n) is 19.1. The number of fused-ring (bicyclic) bond motifs is 3. The molecule has 7 rings (SSSR count). The molecule has 2 aliphatic rings. The molecule has 2 aromatic heterocycles. The molecule has 6 heteroatoms. The highest BCUT2D eigenvalue weighted by molar-refractivity contribution is 7.21. The normalized spacial score (nSPS) is 21.9. The van der Waals surface area contributed by atoms with Crippen molar-refractivity contribution in [3.63, 3.8) is 0 Å². The summed E-state index contributed by atoms with van der Waals surface area (Å²) in [7, 11) is 2.13. The van der Waals surface area contributed by atoms with E-state index in [1.165, 1.54) is 10.2 Å². The van der Waals surface area contributed by atoms with Gasteiger partial charge in [-0.1, -0.05) is 36.4 Å². The van der Waals surface area contributed by atoms with Crippen LogP contribution in [-0.2, 0) is 13.6 Å². The summed E-state index contributed by atoms with van der Waals surface area (Å²) in [5, 5.41) is 1.03. The number of thiazole rings is 1. The van der Waals surface area contributed by atoms with Crippen molar-refractivity contribution in [2.24, 2.45) is 24.8 Å². The summed E-state index contributed by atoms with van der Waals surface area (Å²) < 4.78 is 9.84. The van der Waals surface area contributed by atoms with Crippen molar-refractivity contribution in [2.45, 2.75) is 6.54 Å². The number of para-hydroxylation sites is 4. The summed E-state index contributed by atoms with van der Waals surface area (Å²) in [6, 6.07) is 25.0. The van der Waals surface area contributed by atoms with Gasteiger partial charge in [0, 0.05) is 26.1 Å². The van der Waals surface area contributed by atoms with Crippen molar-refractivity contribution < 1.29 is 4.74 Å². The molecule has 3 aromatic carbocycles. The second kappa shape index (κ2) is 7.93. The lowest BCUT2D eigenvalue weighted by Gasteiger charge is -2.19. The molecular formula is C28H26N4OS. The van der Waals surface area contributed by atoms with E-state index >= 15 is 0 Å². The first-order valence-electron chi connectivity index (χ1n) is 11.9. The van der Waals surface area contributed by atoms with Crippen LogP contribution >= 0.6 is 11.3 Å². The maximum atomic E-state index is 6.39. The number of aromatic nitrogens is 3. The zero-order chi connectivity index (χ0) is 22.6. The first-order chi connectivity index (χ1) is 16.7. The Hall–Kier alpha value is -3.22. The number of hydrogen-bond acceptors (Lipinski definition) is 5. The Balaban J connectivity index is 1.000. The fourth-order valence-corrected chi connectivity index (χ4v) is 6.59. The van der Waals surface area contributed by atoms with Crippen LogP contribution in [0.4, 0.5) is 0 Å². The van der Waals surface area contributed by atoms with E-state index in [2.05, 4.69) is 83.2 Å². The Morgan fingerprint density at radius 1 is 0.882 bits per heavy atom. The highest BCUT2D eigenvalue weighted by atomic mass is 32.1. The lowest BCUT2D eigenvalue weighted by atomic mass is 10.2. The molecule has 0 spiro atoms. The molecule has 5 aromatic rings. The fourth-order valence-electron chi connectivity index (χ4n) is 5.59. The second-order valence-corrected chi connectivity index (χ2v) is 10.6. The summed E-state index contributed by atoms with van der Waals surface area (Å²) >= 11 is 1.73. The number of nitrogens with zero attached hydrogens (tertiary/aromatic N) is 4. The highest BCUT2D eigenvalue weighted by Gasteiger charge is 2.55. The van der Waals surface area contributed by atoms with Crippen LogP contribution in [0.1, 0.15) is 5.82 Å². The van der Waals surface area contributed by atoms with Crippen LogP contribution in [0.15, 0.2) is 72.8 Å². The molecule has 34 heavy (non-hydrogen) atoms. The molecule has 1 aliphatic heterocycles. The average Bonchev–Trinajstić information content (AvgIpc) is 3.23. The van der Waals surface area contributed by atoms with Gasteiger partial charge in [0.2, 0.25) is 0 Å². The molecule has 170 valence electrons. The predicted molar refractivity (Wildman–Crippen MR) is 137 cm³/mol. The zero-order valence-corrected chi connectivity index (χ0v) is 19.9. The van der Waals surface area contributed by atoms with E-state index in [1.54, 1.807) is 11.3 Å². The average molecular weight is 467 g/mol. The van der Waals surface area contributed by atoms with Crippen LogP contribution in [0, 0.1) is 17.8 Å². The predicted octanol–water partition coefficient (Wildman–Crippen LogP) is 5.61. The Labute approximate surface area is 202 Å². The minimum Gasteiger partial charge on any atom is -0.493 e. The summed E-state index contributed by atoms with van der Waals surface area (Å²) in [6.45, 7) is 3.99. The lowest BCUT2D eigenvalue weighted by molar-refractivity contribution is 0.227. The molecule has 0 amide bonds. The van der Waals surface area contributed by atoms with Crippen molar-refractivity contribution in [3.05, 3.63) is 78.6 Å². The van der Waals surface area contributed by atoms with E-state index in [0.717, 1.165) is 71.3 Å². The molecule has 1 saturated carbocycles. The van der Waals surface area contributed by atoms with Gasteiger partial charge in [0.05, 0.1) is 40.0 Å². The van der Waals surface area contributed by atoms with Gasteiger partial charge in [-0.05, 0) is 48.2 Å². The third kappa shape index (κ3) is 3.40. The van der Waals surface area contributed by atoms with Crippen molar-refractivity contribution in [2.75, 3.05) is 19.7 Å². The van der Waals surface area contributed by atoms with Crippen molar-refractivity contribution in [1.29, 1.82) is 0 Å². The standard InChI is InChI=1S/C28H26N4OS/c1-31-24-11-5-3-9-22(24)29-27(31)16-32-14-19-20(15-32)21(19)17-33-25-12-6-2-8-18(25)28-30-23-10-4-7-13-26(23)34-28/h2-13,19-21H,14-17H2,1H3. The molecule has 1 aliphatic carbocycles. The van der Waals surface area contributed by atoms with Gasteiger partial charge >= 0.3 is 0 Å². The van der Waals surface area contributed by atoms with Gasteiger partial charge in [0.15, 0.2) is 0 Å². The van der Waals surface area contributed by atoms with Gasteiger partial charge in [0.25, 0.3) is 0 Å². The van der Waals surface area contributed by atoms with E-state index in [1.807, 2.05) is 6.07 Å². The molecule has 3 heterocycles. The van der Waals surface area contributed by atoms with Crippen LogP contribution in [0.5, 0.6) is 5.75 Å². The van der Waals surface area contributed by atoms with Crippen molar-refractivity contribution in [3.8, 4) is 16.3 Å². The van der Waals surface area contributed by atoms with Gasteiger partial charge in [-0.25, -0.2) is 9.97 Å². The fraction of sp³-hybridized carbons (Fsp3) is 0.286. The number of benzene rings is 3. The maximum Gasteiger partial charge on any atom is 0.129 e. The molecule has 0 radical (unpaired) electrons. The Bertz CT molecular complexity index is 1460. The molecule has 1 saturated heterocycles. The summed E-state index contributed by atoms with van der Waals surface area (Å²) in [4.78, 5) is 12.3. The lowest BCUT2D eigenvalue weighted by Crippen LogP contribution is -2.26. The molecule has 0 N–H and O–H groups in total. The van der Waals surface area contributed by atoms with Crippen LogP contribution in [0.25, 0.3) is 31.8 Å². The molecule has 5 nitrogen and oxygen atoms in total. The minimum atomic E-state index is 0.653. The Morgan fingerprint density at radius 2 is 1.62 bits per heavy atom. The number of rotatable bonds is 6. The van der Waals surface area contributed by atoms with Crippen molar-refractivity contribution >= 4 is 32.6 Å². The molecule has 2 atom stereocenters. The number of imidazole rings is 1. The highest BCUT2D eigenvalue weighted by Crippen LogP contribution is 2.52. The smallest absolute Gasteiger partial charge is 0.129 e. The quantitative estimate of drug-likeness (QED) is 0.326. The number of likely N-dealkylation sites (tertiary alicyclic amines) is 1. The van der Waals surface area contributed by atoms with Crippen LogP contribution in [0.2, 0.25) is 0 Å². The molecule has 2 fully saturated rings. The van der Waals surface area contributed by atoms with Gasteiger partial charge in [-0.2, -0.15) is 0 Å². The molecular weight excluding hydrogens is 440 g/mol. The van der Waals surface area contributed by atoms with Gasteiger partial charge in [-0.3, -0.25) is 4.90 Å². The Kier molecular flexibility index (Phi) is 4.71. The van der Waals surface area contributed by atoms with Gasteiger partial charge < -0.3 is 9.30 Å². The first-order valence-corrected chi connectivity index (χ1v) is 12.8. The summed E-state index contributed by atoms with van der Waals surface area (Å²) in [5.41, 5.74) is 4.44. The SMILES string of the molecule is Cn1c(CN2CC3C(COc4ccccc4-c4nc5ccccc5s4)C3C2)nc2ccccc21. The monoisotopic (exact) mass is 466 g/mol. The van der Waals surface area contributed by atoms with E-state index in [9.17, 15) is 0 Å². The third-order valence-electron chi connectivity index (χ3n) is 7.53. The van der Waals surface area contributed by atoms with Crippen LogP contribution < -0.4 is 4.74 Å². The molecule has 0 bridgehead atoms. The minimum absolute atomic E-state index is 0.653. The van der Waals surface area contributed by atoms with E-state index in [0.29, 0.717) is 5.92 Å². The van der Waals surface area contributed by atoms with Gasteiger partial charge in [-0.15, -0.1) is 11.3 Å². The maximum absolute atomic E-state index is 6.39. The summed E-state index contributed by atoms with van der Waals surface area (Å²) in [5.74, 6) is 4.23. The number of ether oxygens (including phenoxy) is 1. The van der Waals surface area contributed by atoms with Crippen LogP contribution in [-0.4, -0.2) is 39.1 Å². The topological polar surface area (TPSA) is 43.2 Å². The largest absolute Gasteiger partial charge is 0.493 e. The van der Waals surface area contributed by atoms with E-state index < -0.39 is 0 Å². The first kappa shape index (κ1) is 20.2. The summed E-state index contributed by atoms with van der Waals surface area (Å²) in [6.07, 6.45) is 0. The van der Waals surface area contributed by atoms with Crippen molar-refractivity contribution in [1.82, 2.24) is 19.4 Å². The number of hydrogen-bond donors (Lipinski definition) is 0. The van der Waals surface area contributed by atoms with Crippen LogP contribution in [0.3, 0.4) is 0 Å².